The predicted octanol–water partition coefficient (Wildman–Crippen LogP) is 3.73. The van der Waals surface area contributed by atoms with Gasteiger partial charge in [0, 0.05) is 30.1 Å². The molecule has 0 saturated carbocycles. The Morgan fingerprint density at radius 3 is 2.57 bits per heavy atom. The summed E-state index contributed by atoms with van der Waals surface area (Å²) in [6, 6.07) is 15.8. The molecule has 0 bridgehead atoms. The quantitative estimate of drug-likeness (QED) is 0.852. The van der Waals surface area contributed by atoms with Gasteiger partial charge in [0.2, 0.25) is 5.91 Å². The van der Waals surface area contributed by atoms with Crippen LogP contribution in [-0.2, 0) is 17.6 Å². The van der Waals surface area contributed by atoms with Crippen molar-refractivity contribution in [1.82, 2.24) is 4.90 Å². The lowest BCUT2D eigenvalue weighted by atomic mass is 9.74. The number of carbonyl (C=O) groups excluding carboxylic acids is 1. The fourth-order valence-electron chi connectivity index (χ4n) is 4.37. The van der Waals surface area contributed by atoms with Gasteiger partial charge in [-0.05, 0) is 55.0 Å². The summed E-state index contributed by atoms with van der Waals surface area (Å²) in [5.41, 5.74) is 2.12. The lowest BCUT2D eigenvalue weighted by Gasteiger charge is -2.42. The number of aliphatic hydroxyl groups excluding tert-OH is 1. The monoisotopic (exact) mass is 399 g/mol. The van der Waals surface area contributed by atoms with E-state index in [1.165, 1.54) is 5.56 Å². The number of aliphatic hydroxyl groups is 1. The number of ether oxygens (including phenoxy) is 1. The van der Waals surface area contributed by atoms with Crippen LogP contribution in [0.25, 0.3) is 0 Å². The van der Waals surface area contributed by atoms with E-state index < -0.39 is 0 Å². The summed E-state index contributed by atoms with van der Waals surface area (Å²) in [5, 5.41) is 10.8. The number of rotatable bonds is 4. The van der Waals surface area contributed by atoms with Crippen molar-refractivity contribution < 1.29 is 14.6 Å². The molecule has 28 heavy (non-hydrogen) atoms. The molecule has 1 fully saturated rings. The molecule has 1 amide bonds. The second-order valence-corrected chi connectivity index (χ2v) is 8.54. The molecule has 2 aromatic rings. The van der Waals surface area contributed by atoms with E-state index in [9.17, 15) is 9.90 Å². The molecule has 1 saturated heterocycles. The molecule has 4 nitrogen and oxygen atoms in total. The highest BCUT2D eigenvalue weighted by Gasteiger charge is 2.38. The molecule has 148 valence electrons. The smallest absolute Gasteiger partial charge is 0.229 e. The number of piperidine rings is 1. The Hall–Kier alpha value is -2.04. The molecule has 1 atom stereocenters. The molecule has 5 heteroatoms. The van der Waals surface area contributed by atoms with Crippen LogP contribution in [0.3, 0.4) is 0 Å². The van der Waals surface area contributed by atoms with E-state index in [0.717, 1.165) is 42.0 Å². The molecular formula is C23H26ClNO3. The summed E-state index contributed by atoms with van der Waals surface area (Å²) in [4.78, 5) is 15.0. The van der Waals surface area contributed by atoms with Gasteiger partial charge < -0.3 is 14.7 Å². The van der Waals surface area contributed by atoms with Gasteiger partial charge in [-0.25, -0.2) is 0 Å². The van der Waals surface area contributed by atoms with Crippen molar-refractivity contribution >= 4 is 17.5 Å². The third-order valence-electron chi connectivity index (χ3n) is 6.19. The number of carbonyl (C=O) groups is 1. The molecule has 0 radical (unpaired) electrons. The van der Waals surface area contributed by atoms with Crippen molar-refractivity contribution in [1.29, 1.82) is 0 Å². The fourth-order valence-corrected chi connectivity index (χ4v) is 4.50. The van der Waals surface area contributed by atoms with E-state index in [4.69, 9.17) is 16.3 Å². The fraction of sp³-hybridized carbons (Fsp3) is 0.435. The number of likely N-dealkylation sites (tertiary alicyclic amines) is 1. The van der Waals surface area contributed by atoms with Gasteiger partial charge in [-0.15, -0.1) is 0 Å². The average Bonchev–Trinajstić information content (AvgIpc) is 2.75. The average molecular weight is 400 g/mol. The molecule has 0 aromatic heterocycles. The van der Waals surface area contributed by atoms with Gasteiger partial charge in [-0.2, -0.15) is 0 Å². The first kappa shape index (κ1) is 19.3. The zero-order valence-corrected chi connectivity index (χ0v) is 16.7. The Morgan fingerprint density at radius 1 is 1.14 bits per heavy atom. The number of amides is 1. The minimum atomic E-state index is -0.166. The Bertz CT molecular complexity index is 828. The number of fused-ring (bicyclic) bond motifs is 1. The van der Waals surface area contributed by atoms with Crippen molar-refractivity contribution in [2.24, 2.45) is 11.3 Å². The molecule has 2 aromatic carbocycles. The lowest BCUT2D eigenvalue weighted by Crippen LogP contribution is -2.49. The van der Waals surface area contributed by atoms with E-state index >= 15 is 0 Å². The van der Waals surface area contributed by atoms with Crippen molar-refractivity contribution in [3.05, 3.63) is 64.7 Å². The lowest BCUT2D eigenvalue weighted by molar-refractivity contribution is -0.139. The molecule has 0 unspecified atom stereocenters. The van der Waals surface area contributed by atoms with E-state index in [1.54, 1.807) is 0 Å². The van der Waals surface area contributed by atoms with E-state index in [2.05, 4.69) is 0 Å². The summed E-state index contributed by atoms with van der Waals surface area (Å²) >= 11 is 5.98. The van der Waals surface area contributed by atoms with Crippen LogP contribution in [0, 0.1) is 11.3 Å². The first-order valence-electron chi connectivity index (χ1n) is 9.93. The van der Waals surface area contributed by atoms with Gasteiger partial charge in [0.25, 0.3) is 0 Å². The molecule has 2 aliphatic rings. The maximum atomic E-state index is 13.0. The molecule has 2 aliphatic heterocycles. The standard InChI is InChI=1S/C23H26ClNO3/c24-20-7-5-17(6-8-20)14-23(16-26)9-11-25(12-10-23)22(27)19-13-18-3-1-2-4-21(18)28-15-19/h1-8,19,26H,9-16H2/t19-/m0/s1. The third-order valence-corrected chi connectivity index (χ3v) is 6.44. The number of nitrogens with zero attached hydrogens (tertiary/aromatic N) is 1. The predicted molar refractivity (Wildman–Crippen MR) is 110 cm³/mol. The molecule has 4 rings (SSSR count). The summed E-state index contributed by atoms with van der Waals surface area (Å²) in [7, 11) is 0. The highest BCUT2D eigenvalue weighted by molar-refractivity contribution is 6.30. The molecular weight excluding hydrogens is 374 g/mol. The summed E-state index contributed by atoms with van der Waals surface area (Å²) in [6.45, 7) is 1.95. The molecule has 1 N–H and O–H groups in total. The van der Waals surface area contributed by atoms with Crippen molar-refractivity contribution in [3.63, 3.8) is 0 Å². The van der Waals surface area contributed by atoms with Crippen LogP contribution in [0.4, 0.5) is 0 Å². The number of hydrogen-bond acceptors (Lipinski definition) is 3. The van der Waals surface area contributed by atoms with Gasteiger partial charge in [0.05, 0.1) is 5.92 Å². The van der Waals surface area contributed by atoms with Crippen LogP contribution in [0.5, 0.6) is 5.75 Å². The summed E-state index contributed by atoms with van der Waals surface area (Å²) in [5.74, 6) is 0.952. The number of para-hydroxylation sites is 1. The van der Waals surface area contributed by atoms with Crippen LogP contribution < -0.4 is 4.74 Å². The molecule has 0 spiro atoms. The molecule has 2 heterocycles. The second kappa shape index (κ2) is 8.14. The van der Waals surface area contributed by atoms with Crippen molar-refractivity contribution in [3.8, 4) is 5.75 Å². The highest BCUT2D eigenvalue weighted by atomic mass is 35.5. The van der Waals surface area contributed by atoms with E-state index in [1.807, 2.05) is 53.4 Å². The van der Waals surface area contributed by atoms with Crippen LogP contribution >= 0.6 is 11.6 Å². The SMILES string of the molecule is O=C([C@@H]1COc2ccccc2C1)N1CCC(CO)(Cc2ccc(Cl)cc2)CC1. The minimum Gasteiger partial charge on any atom is -0.492 e. The zero-order valence-electron chi connectivity index (χ0n) is 15.9. The second-order valence-electron chi connectivity index (χ2n) is 8.11. The number of benzene rings is 2. The maximum absolute atomic E-state index is 13.0. The number of hydrogen-bond donors (Lipinski definition) is 1. The molecule has 0 aliphatic carbocycles. The van der Waals surface area contributed by atoms with Crippen molar-refractivity contribution in [2.75, 3.05) is 26.3 Å². The zero-order chi connectivity index (χ0) is 19.6. The van der Waals surface area contributed by atoms with Gasteiger partial charge in [0.15, 0.2) is 0 Å². The largest absolute Gasteiger partial charge is 0.492 e. The topological polar surface area (TPSA) is 49.8 Å². The summed E-state index contributed by atoms with van der Waals surface area (Å²) < 4.78 is 5.80. The first-order chi connectivity index (χ1) is 13.6. The maximum Gasteiger partial charge on any atom is 0.229 e. The van der Waals surface area contributed by atoms with Crippen LogP contribution in [0.1, 0.15) is 24.0 Å². The van der Waals surface area contributed by atoms with E-state index in [0.29, 0.717) is 19.7 Å². The van der Waals surface area contributed by atoms with Crippen LogP contribution in [-0.4, -0.2) is 42.2 Å². The van der Waals surface area contributed by atoms with Crippen LogP contribution in [0.15, 0.2) is 48.5 Å². The van der Waals surface area contributed by atoms with Gasteiger partial charge in [0.1, 0.15) is 12.4 Å². The van der Waals surface area contributed by atoms with Crippen LogP contribution in [0.2, 0.25) is 5.02 Å². The normalized spacial score (nSPS) is 20.9. The Labute approximate surface area is 171 Å². The van der Waals surface area contributed by atoms with Crippen molar-refractivity contribution in [2.45, 2.75) is 25.7 Å². The Morgan fingerprint density at radius 2 is 1.86 bits per heavy atom. The van der Waals surface area contributed by atoms with Gasteiger partial charge in [-0.1, -0.05) is 41.9 Å². The van der Waals surface area contributed by atoms with Gasteiger partial charge >= 0.3 is 0 Å². The Balaban J connectivity index is 1.37. The highest BCUT2D eigenvalue weighted by Crippen LogP contribution is 2.36. The first-order valence-corrected chi connectivity index (χ1v) is 10.3. The minimum absolute atomic E-state index is 0.118. The summed E-state index contributed by atoms with van der Waals surface area (Å²) in [6.07, 6.45) is 3.16. The Kier molecular flexibility index (Phi) is 5.61. The van der Waals surface area contributed by atoms with Gasteiger partial charge in [-0.3, -0.25) is 4.79 Å². The third kappa shape index (κ3) is 4.03. The number of halogens is 1. The van der Waals surface area contributed by atoms with E-state index in [-0.39, 0.29) is 23.8 Å².